The average Bonchev–Trinajstić information content (AvgIpc) is 2.52. The highest BCUT2D eigenvalue weighted by molar-refractivity contribution is 7.56. The predicted molar refractivity (Wildman–Crippen MR) is 110 cm³/mol. The summed E-state index contributed by atoms with van der Waals surface area (Å²) in [6, 6.07) is 12.8. The molecule has 3 nitrogen and oxygen atoms in total. The van der Waals surface area contributed by atoms with Crippen molar-refractivity contribution in [2.45, 2.75) is 40.2 Å². The minimum atomic E-state index is -0.0805. The number of hydrogen-bond acceptors (Lipinski definition) is 3. The van der Waals surface area contributed by atoms with Crippen LogP contribution in [-0.2, 0) is 4.74 Å². The van der Waals surface area contributed by atoms with E-state index in [1.54, 1.807) is 7.11 Å². The van der Waals surface area contributed by atoms with E-state index in [2.05, 4.69) is 76.0 Å². The van der Waals surface area contributed by atoms with Crippen LogP contribution < -0.4 is 15.3 Å². The fourth-order valence-corrected chi connectivity index (χ4v) is 3.93. The summed E-state index contributed by atoms with van der Waals surface area (Å²) in [5.41, 5.74) is 3.46. The van der Waals surface area contributed by atoms with Crippen molar-refractivity contribution in [3.63, 3.8) is 0 Å². The van der Waals surface area contributed by atoms with Gasteiger partial charge in [-0.25, -0.2) is 0 Å². The van der Waals surface area contributed by atoms with E-state index < -0.39 is 0 Å². The van der Waals surface area contributed by atoms with Crippen molar-refractivity contribution in [3.05, 3.63) is 53.1 Å². The Hall–Kier alpha value is -1.70. The van der Waals surface area contributed by atoms with Gasteiger partial charge in [0.15, 0.2) is 6.79 Å². The molecule has 2 rings (SSSR count). The van der Waals surface area contributed by atoms with Crippen molar-refractivity contribution in [3.8, 4) is 5.75 Å². The van der Waals surface area contributed by atoms with Crippen LogP contribution >= 0.6 is 8.58 Å². The average molecular weight is 357 g/mol. The predicted octanol–water partition coefficient (Wildman–Crippen LogP) is 4.13. The normalized spacial score (nSPS) is 12.4. The molecule has 1 unspecified atom stereocenters. The Kier molecular flexibility index (Phi) is 6.75. The first kappa shape index (κ1) is 19.6. The SMILES string of the molecule is COCOc1c(C)cc(C)cc1Pc1ccccc1C=NC(C)(C)C. The standard InChI is InChI=1S/C21H28NO2P/c1-15-11-16(2)20(24-14-23-6)19(12-15)25-18-10-8-7-9-17(18)13-22-21(3,4)5/h7-13,25H,14H2,1-6H3. The first-order valence-electron chi connectivity index (χ1n) is 8.44. The highest BCUT2D eigenvalue weighted by atomic mass is 31.1. The lowest BCUT2D eigenvalue weighted by molar-refractivity contribution is 0.0514. The number of aryl methyl sites for hydroxylation is 2. The lowest BCUT2D eigenvalue weighted by atomic mass is 10.1. The van der Waals surface area contributed by atoms with E-state index in [0.717, 1.165) is 16.9 Å². The summed E-state index contributed by atoms with van der Waals surface area (Å²) in [5.74, 6) is 0.924. The number of ether oxygens (including phenoxy) is 2. The molecule has 0 saturated carbocycles. The van der Waals surface area contributed by atoms with E-state index in [9.17, 15) is 0 Å². The van der Waals surface area contributed by atoms with Gasteiger partial charge in [-0.1, -0.05) is 38.9 Å². The number of benzene rings is 2. The maximum absolute atomic E-state index is 5.85. The Morgan fingerprint density at radius 1 is 1.08 bits per heavy atom. The van der Waals surface area contributed by atoms with Crippen molar-refractivity contribution in [1.82, 2.24) is 0 Å². The van der Waals surface area contributed by atoms with Gasteiger partial charge in [-0.15, -0.1) is 0 Å². The Balaban J connectivity index is 2.38. The topological polar surface area (TPSA) is 30.8 Å². The Labute approximate surface area is 153 Å². The second-order valence-corrected chi connectivity index (χ2v) is 8.48. The number of rotatable bonds is 6. The van der Waals surface area contributed by atoms with Crippen LogP contribution in [0.4, 0.5) is 0 Å². The van der Waals surface area contributed by atoms with Gasteiger partial charge in [0.25, 0.3) is 0 Å². The van der Waals surface area contributed by atoms with Crippen LogP contribution in [0, 0.1) is 13.8 Å². The minimum Gasteiger partial charge on any atom is -0.467 e. The third-order valence-electron chi connectivity index (χ3n) is 3.56. The number of nitrogens with zero attached hydrogens (tertiary/aromatic N) is 1. The summed E-state index contributed by atoms with van der Waals surface area (Å²) in [6.07, 6.45) is 1.99. The highest BCUT2D eigenvalue weighted by Crippen LogP contribution is 2.25. The molecule has 134 valence electrons. The molecule has 0 aliphatic rings. The summed E-state index contributed by atoms with van der Waals surface area (Å²) in [6.45, 7) is 10.8. The van der Waals surface area contributed by atoms with Crippen LogP contribution in [0.1, 0.15) is 37.5 Å². The van der Waals surface area contributed by atoms with E-state index in [4.69, 9.17) is 9.47 Å². The second kappa shape index (κ2) is 8.60. The zero-order valence-corrected chi connectivity index (χ0v) is 17.0. The Morgan fingerprint density at radius 2 is 1.80 bits per heavy atom. The lowest BCUT2D eigenvalue weighted by Gasteiger charge is -2.16. The molecule has 0 heterocycles. The van der Waals surface area contributed by atoms with Crippen molar-refractivity contribution < 1.29 is 9.47 Å². The van der Waals surface area contributed by atoms with Gasteiger partial charge in [0.05, 0.1) is 5.54 Å². The Morgan fingerprint density at radius 3 is 2.48 bits per heavy atom. The summed E-state index contributed by atoms with van der Waals surface area (Å²) in [5, 5.41) is 2.47. The van der Waals surface area contributed by atoms with E-state index >= 15 is 0 Å². The molecule has 25 heavy (non-hydrogen) atoms. The quantitative estimate of drug-likeness (QED) is 0.442. The van der Waals surface area contributed by atoms with E-state index in [-0.39, 0.29) is 12.3 Å². The Bertz CT molecular complexity index is 748. The fourth-order valence-electron chi connectivity index (χ4n) is 2.49. The van der Waals surface area contributed by atoms with Gasteiger partial charge in [-0.3, -0.25) is 4.99 Å². The number of methoxy groups -OCH3 is 1. The zero-order valence-electron chi connectivity index (χ0n) is 16.0. The van der Waals surface area contributed by atoms with E-state index in [0.29, 0.717) is 8.58 Å². The van der Waals surface area contributed by atoms with Gasteiger partial charge in [-0.2, -0.15) is 0 Å². The number of aliphatic imine (C=N–C) groups is 1. The molecule has 0 N–H and O–H groups in total. The van der Waals surface area contributed by atoms with Crippen molar-refractivity contribution in [2.75, 3.05) is 13.9 Å². The molecule has 0 spiro atoms. The summed E-state index contributed by atoms with van der Waals surface area (Å²) in [4.78, 5) is 4.66. The van der Waals surface area contributed by atoms with Crippen molar-refractivity contribution in [2.24, 2.45) is 4.99 Å². The van der Waals surface area contributed by atoms with Gasteiger partial charge >= 0.3 is 0 Å². The smallest absolute Gasteiger partial charge is 0.188 e. The molecule has 0 amide bonds. The molecular weight excluding hydrogens is 329 g/mol. The van der Waals surface area contributed by atoms with Gasteiger partial charge in [0, 0.05) is 24.2 Å². The fraction of sp³-hybridized carbons (Fsp3) is 0.381. The molecule has 2 aromatic carbocycles. The van der Waals surface area contributed by atoms with Crippen LogP contribution in [-0.4, -0.2) is 25.7 Å². The first-order valence-corrected chi connectivity index (χ1v) is 9.44. The molecule has 0 bridgehead atoms. The molecule has 4 heteroatoms. The largest absolute Gasteiger partial charge is 0.467 e. The molecule has 0 aliphatic heterocycles. The summed E-state index contributed by atoms with van der Waals surface area (Å²) >= 11 is 0. The number of hydrogen-bond donors (Lipinski definition) is 0. The van der Waals surface area contributed by atoms with Crippen LogP contribution in [0.15, 0.2) is 41.4 Å². The van der Waals surface area contributed by atoms with Gasteiger partial charge in [0.1, 0.15) is 5.75 Å². The molecule has 0 radical (unpaired) electrons. The minimum absolute atomic E-state index is 0.0805. The van der Waals surface area contributed by atoms with Crippen LogP contribution in [0.3, 0.4) is 0 Å². The summed E-state index contributed by atoms with van der Waals surface area (Å²) in [7, 11) is 2.14. The lowest BCUT2D eigenvalue weighted by Crippen LogP contribution is -2.15. The zero-order chi connectivity index (χ0) is 18.4. The summed E-state index contributed by atoms with van der Waals surface area (Å²) < 4.78 is 10.9. The monoisotopic (exact) mass is 357 g/mol. The second-order valence-electron chi connectivity index (χ2n) is 7.15. The van der Waals surface area contributed by atoms with E-state index in [1.807, 2.05) is 6.21 Å². The highest BCUT2D eigenvalue weighted by Gasteiger charge is 2.12. The first-order chi connectivity index (χ1) is 11.8. The maximum atomic E-state index is 5.85. The van der Waals surface area contributed by atoms with Gasteiger partial charge in [0.2, 0.25) is 0 Å². The van der Waals surface area contributed by atoms with Crippen LogP contribution in [0.2, 0.25) is 0 Å². The molecule has 1 atom stereocenters. The van der Waals surface area contributed by atoms with E-state index in [1.165, 1.54) is 16.2 Å². The molecule has 0 saturated heterocycles. The maximum Gasteiger partial charge on any atom is 0.188 e. The molecule has 0 fully saturated rings. The molecule has 0 aliphatic carbocycles. The third-order valence-corrected chi connectivity index (χ3v) is 4.93. The van der Waals surface area contributed by atoms with Crippen LogP contribution in [0.25, 0.3) is 0 Å². The van der Waals surface area contributed by atoms with Crippen molar-refractivity contribution >= 4 is 25.4 Å². The molecule has 0 aromatic heterocycles. The third kappa shape index (κ3) is 5.95. The van der Waals surface area contributed by atoms with Gasteiger partial charge in [-0.05, 0) is 57.1 Å². The van der Waals surface area contributed by atoms with Crippen molar-refractivity contribution in [1.29, 1.82) is 0 Å². The van der Waals surface area contributed by atoms with Gasteiger partial charge < -0.3 is 9.47 Å². The van der Waals surface area contributed by atoms with Crippen LogP contribution in [0.5, 0.6) is 5.75 Å². The molecular formula is C21H28NO2P. The molecule has 2 aromatic rings.